The number of hydrogen-bond donors (Lipinski definition) is 1. The number of ether oxygens (including phenoxy) is 1. The molecule has 0 aliphatic rings. The highest BCUT2D eigenvalue weighted by Crippen LogP contribution is 2.24. The van der Waals surface area contributed by atoms with Crippen LogP contribution < -0.4 is 5.73 Å². The Balaban J connectivity index is 2.19. The Kier molecular flexibility index (Phi) is 3.66. The fourth-order valence-corrected chi connectivity index (χ4v) is 2.47. The van der Waals surface area contributed by atoms with Crippen LogP contribution in [0.1, 0.15) is 10.4 Å². The van der Waals surface area contributed by atoms with Gasteiger partial charge in [-0.2, -0.15) is 0 Å². The first-order chi connectivity index (χ1) is 7.83. The summed E-state index contributed by atoms with van der Waals surface area (Å²) in [7, 11) is 0. The largest absolute Gasteiger partial charge is 0.372 e. The van der Waals surface area contributed by atoms with Gasteiger partial charge < -0.3 is 10.5 Å². The van der Waals surface area contributed by atoms with Gasteiger partial charge in [0.2, 0.25) is 0 Å². The molecule has 0 amide bonds. The zero-order chi connectivity index (χ0) is 11.4. The van der Waals surface area contributed by atoms with Gasteiger partial charge in [-0.15, -0.1) is 11.3 Å². The van der Waals surface area contributed by atoms with Gasteiger partial charge in [-0.3, -0.25) is 4.79 Å². The van der Waals surface area contributed by atoms with E-state index in [1.807, 2.05) is 29.6 Å². The van der Waals surface area contributed by atoms with Crippen LogP contribution in [0.4, 0.5) is 0 Å². The van der Waals surface area contributed by atoms with E-state index in [0.717, 1.165) is 15.6 Å². The zero-order valence-electron chi connectivity index (χ0n) is 8.81. The van der Waals surface area contributed by atoms with E-state index in [1.54, 1.807) is 11.3 Å². The summed E-state index contributed by atoms with van der Waals surface area (Å²) in [6.45, 7) is 0.969. The number of ketones is 1. The summed E-state index contributed by atoms with van der Waals surface area (Å²) in [4.78, 5) is 11.9. The van der Waals surface area contributed by atoms with Crippen LogP contribution in [0.25, 0.3) is 10.1 Å². The fraction of sp³-hybridized carbons (Fsp3) is 0.250. The van der Waals surface area contributed by atoms with Gasteiger partial charge in [-0.05, 0) is 22.9 Å². The first kappa shape index (κ1) is 11.3. The van der Waals surface area contributed by atoms with Crippen LogP contribution in [0.3, 0.4) is 0 Å². The zero-order valence-corrected chi connectivity index (χ0v) is 9.63. The molecular formula is C12H13NO2S. The number of carbonyl (C=O) groups excluding carboxylic acids is 1. The number of rotatable bonds is 5. The number of fused-ring (bicyclic) bond motifs is 1. The molecule has 0 aliphatic carbocycles. The van der Waals surface area contributed by atoms with Crippen molar-refractivity contribution in [3.8, 4) is 0 Å². The van der Waals surface area contributed by atoms with Crippen molar-refractivity contribution >= 4 is 27.2 Å². The summed E-state index contributed by atoms with van der Waals surface area (Å²) >= 11 is 1.58. The third-order valence-electron chi connectivity index (χ3n) is 2.27. The van der Waals surface area contributed by atoms with Gasteiger partial charge in [0.05, 0.1) is 6.61 Å². The van der Waals surface area contributed by atoms with E-state index in [9.17, 15) is 4.79 Å². The average Bonchev–Trinajstić information content (AvgIpc) is 2.76. The normalized spacial score (nSPS) is 10.8. The predicted molar refractivity (Wildman–Crippen MR) is 66.0 cm³/mol. The maximum absolute atomic E-state index is 11.9. The summed E-state index contributed by atoms with van der Waals surface area (Å²) in [5.74, 6) is 0.0153. The third-order valence-corrected chi connectivity index (χ3v) is 3.24. The van der Waals surface area contributed by atoms with Crippen molar-refractivity contribution in [2.24, 2.45) is 5.73 Å². The summed E-state index contributed by atoms with van der Waals surface area (Å²) < 4.78 is 6.19. The summed E-state index contributed by atoms with van der Waals surface area (Å²) in [6, 6.07) is 7.75. The van der Waals surface area contributed by atoms with Crippen molar-refractivity contribution in [1.29, 1.82) is 0 Å². The highest BCUT2D eigenvalue weighted by Gasteiger charge is 2.10. The fourth-order valence-electron chi connectivity index (χ4n) is 1.54. The van der Waals surface area contributed by atoms with Gasteiger partial charge in [-0.1, -0.05) is 12.1 Å². The Morgan fingerprint density at radius 1 is 1.38 bits per heavy atom. The van der Waals surface area contributed by atoms with Gasteiger partial charge in [0, 0.05) is 16.8 Å². The number of thiophene rings is 1. The minimum atomic E-state index is 0.0153. The second kappa shape index (κ2) is 5.21. The van der Waals surface area contributed by atoms with Gasteiger partial charge in [0.25, 0.3) is 0 Å². The Morgan fingerprint density at radius 3 is 3.06 bits per heavy atom. The monoisotopic (exact) mass is 235 g/mol. The minimum Gasteiger partial charge on any atom is -0.372 e. The van der Waals surface area contributed by atoms with Crippen LogP contribution in [0, 0.1) is 0 Å². The van der Waals surface area contributed by atoms with Crippen LogP contribution in [-0.2, 0) is 4.74 Å². The lowest BCUT2D eigenvalue weighted by Gasteiger charge is -2.03. The minimum absolute atomic E-state index is 0.0153. The number of Topliss-reactive ketones (excluding diaryl/α,β-unsaturated/α-hetero) is 1. The summed E-state index contributed by atoms with van der Waals surface area (Å²) in [5, 5.41) is 3.09. The maximum atomic E-state index is 11.9. The van der Waals surface area contributed by atoms with Crippen molar-refractivity contribution in [3.05, 3.63) is 35.2 Å². The van der Waals surface area contributed by atoms with Crippen molar-refractivity contribution in [2.45, 2.75) is 0 Å². The van der Waals surface area contributed by atoms with Crippen molar-refractivity contribution in [1.82, 2.24) is 0 Å². The van der Waals surface area contributed by atoms with E-state index in [1.165, 1.54) is 0 Å². The Bertz CT molecular complexity index is 492. The molecule has 3 nitrogen and oxygen atoms in total. The van der Waals surface area contributed by atoms with Crippen molar-refractivity contribution in [3.63, 3.8) is 0 Å². The van der Waals surface area contributed by atoms with E-state index in [0.29, 0.717) is 13.2 Å². The Morgan fingerprint density at radius 2 is 2.25 bits per heavy atom. The highest BCUT2D eigenvalue weighted by atomic mass is 32.1. The van der Waals surface area contributed by atoms with E-state index >= 15 is 0 Å². The molecule has 4 heteroatoms. The van der Waals surface area contributed by atoms with E-state index in [-0.39, 0.29) is 12.4 Å². The Hall–Kier alpha value is -1.23. The third kappa shape index (κ3) is 2.29. The van der Waals surface area contributed by atoms with Crippen LogP contribution in [0.2, 0.25) is 0 Å². The summed E-state index contributed by atoms with van der Waals surface area (Å²) in [5.41, 5.74) is 6.03. The molecule has 1 aromatic heterocycles. The topological polar surface area (TPSA) is 52.3 Å². The van der Waals surface area contributed by atoms with Crippen LogP contribution in [0.5, 0.6) is 0 Å². The SMILES string of the molecule is NCCOCC(=O)c1cccc2ccsc12. The number of carbonyl (C=O) groups is 1. The molecule has 2 rings (SSSR count). The highest BCUT2D eigenvalue weighted by molar-refractivity contribution is 7.17. The van der Waals surface area contributed by atoms with Crippen molar-refractivity contribution < 1.29 is 9.53 Å². The second-order valence-electron chi connectivity index (χ2n) is 3.41. The molecule has 1 aromatic carbocycles. The van der Waals surface area contributed by atoms with Gasteiger partial charge in [0.15, 0.2) is 5.78 Å². The molecular weight excluding hydrogens is 222 g/mol. The van der Waals surface area contributed by atoms with Gasteiger partial charge in [-0.25, -0.2) is 0 Å². The van der Waals surface area contributed by atoms with E-state index in [4.69, 9.17) is 10.5 Å². The molecule has 0 bridgehead atoms. The number of nitrogens with two attached hydrogens (primary N) is 1. The molecule has 0 saturated carbocycles. The molecule has 0 aliphatic heterocycles. The molecule has 0 unspecified atom stereocenters. The molecule has 0 fully saturated rings. The molecule has 84 valence electrons. The van der Waals surface area contributed by atoms with Gasteiger partial charge >= 0.3 is 0 Å². The molecule has 0 atom stereocenters. The van der Waals surface area contributed by atoms with E-state index < -0.39 is 0 Å². The average molecular weight is 235 g/mol. The lowest BCUT2D eigenvalue weighted by Crippen LogP contribution is -2.14. The van der Waals surface area contributed by atoms with Crippen molar-refractivity contribution in [2.75, 3.05) is 19.8 Å². The number of hydrogen-bond acceptors (Lipinski definition) is 4. The molecule has 1 heterocycles. The first-order valence-electron chi connectivity index (χ1n) is 5.10. The Labute approximate surface area is 97.8 Å². The standard InChI is InChI=1S/C12H13NO2S/c13-5-6-15-8-11(14)10-3-1-2-9-4-7-16-12(9)10/h1-4,7H,5-6,8,13H2. The molecule has 16 heavy (non-hydrogen) atoms. The quantitative estimate of drug-likeness (QED) is 0.637. The molecule has 2 N–H and O–H groups in total. The van der Waals surface area contributed by atoms with Crippen LogP contribution in [0.15, 0.2) is 29.6 Å². The smallest absolute Gasteiger partial charge is 0.189 e. The summed E-state index contributed by atoms with van der Waals surface area (Å²) in [6.07, 6.45) is 0. The predicted octanol–water partition coefficient (Wildman–Crippen LogP) is 2.06. The van der Waals surface area contributed by atoms with E-state index in [2.05, 4.69) is 0 Å². The molecule has 0 radical (unpaired) electrons. The lowest BCUT2D eigenvalue weighted by molar-refractivity contribution is 0.0776. The second-order valence-corrected chi connectivity index (χ2v) is 4.33. The maximum Gasteiger partial charge on any atom is 0.189 e. The molecule has 0 saturated heterocycles. The van der Waals surface area contributed by atoms with Crippen LogP contribution >= 0.6 is 11.3 Å². The first-order valence-corrected chi connectivity index (χ1v) is 5.98. The van der Waals surface area contributed by atoms with Crippen LogP contribution in [-0.4, -0.2) is 25.5 Å². The lowest BCUT2D eigenvalue weighted by atomic mass is 10.1. The molecule has 0 spiro atoms. The van der Waals surface area contributed by atoms with Gasteiger partial charge in [0.1, 0.15) is 6.61 Å². The molecule has 2 aromatic rings. The number of benzene rings is 1.